The first-order valence-corrected chi connectivity index (χ1v) is 6.22. The van der Waals surface area contributed by atoms with Gasteiger partial charge in [-0.3, -0.25) is 4.79 Å². The summed E-state index contributed by atoms with van der Waals surface area (Å²) in [4.78, 5) is 12.1. The fourth-order valence-corrected chi connectivity index (χ4v) is 1.90. The zero-order valence-electron chi connectivity index (χ0n) is 11.4. The maximum atomic E-state index is 12.1. The quantitative estimate of drug-likeness (QED) is 0.806. The second-order valence-electron chi connectivity index (χ2n) is 4.84. The van der Waals surface area contributed by atoms with E-state index in [1.54, 1.807) is 6.07 Å². The maximum Gasteiger partial charge on any atom is 0.255 e. The van der Waals surface area contributed by atoms with Crippen molar-refractivity contribution < 1.29 is 4.79 Å². The van der Waals surface area contributed by atoms with Crippen LogP contribution in [0.4, 0.5) is 11.4 Å². The molecule has 0 atom stereocenters. The molecule has 0 saturated heterocycles. The topological polar surface area (TPSA) is 55.1 Å². The molecule has 19 heavy (non-hydrogen) atoms. The molecule has 2 aromatic carbocycles. The summed E-state index contributed by atoms with van der Waals surface area (Å²) in [6.07, 6.45) is 0. The van der Waals surface area contributed by atoms with Crippen LogP contribution in [0.3, 0.4) is 0 Å². The largest absolute Gasteiger partial charge is 0.398 e. The van der Waals surface area contributed by atoms with Gasteiger partial charge >= 0.3 is 0 Å². The van der Waals surface area contributed by atoms with Crippen LogP contribution in [0.15, 0.2) is 36.4 Å². The molecule has 0 heterocycles. The van der Waals surface area contributed by atoms with E-state index >= 15 is 0 Å². The Morgan fingerprint density at radius 3 is 2.26 bits per heavy atom. The van der Waals surface area contributed by atoms with Crippen molar-refractivity contribution in [2.24, 2.45) is 0 Å². The van der Waals surface area contributed by atoms with Gasteiger partial charge in [0.25, 0.3) is 5.91 Å². The van der Waals surface area contributed by atoms with Gasteiger partial charge in [-0.05, 0) is 50.1 Å². The summed E-state index contributed by atoms with van der Waals surface area (Å²) in [5.74, 6) is -0.119. The van der Waals surface area contributed by atoms with E-state index in [4.69, 9.17) is 5.73 Å². The molecule has 0 aliphatic heterocycles. The average Bonchev–Trinajstić information content (AvgIpc) is 2.36. The minimum atomic E-state index is -0.119. The third-order valence-electron chi connectivity index (χ3n) is 3.17. The van der Waals surface area contributed by atoms with Crippen LogP contribution in [-0.4, -0.2) is 5.91 Å². The Labute approximate surface area is 113 Å². The van der Waals surface area contributed by atoms with E-state index in [0.29, 0.717) is 11.3 Å². The van der Waals surface area contributed by atoms with Gasteiger partial charge in [-0.2, -0.15) is 0 Å². The van der Waals surface area contributed by atoms with Gasteiger partial charge in [0.2, 0.25) is 0 Å². The first-order chi connectivity index (χ1) is 8.97. The number of carbonyl (C=O) groups is 1. The highest BCUT2D eigenvalue weighted by molar-refractivity contribution is 6.04. The average molecular weight is 254 g/mol. The van der Waals surface area contributed by atoms with Crippen molar-refractivity contribution in [3.63, 3.8) is 0 Å². The third kappa shape index (κ3) is 2.94. The molecule has 3 N–H and O–H groups in total. The molecule has 0 aromatic heterocycles. The lowest BCUT2D eigenvalue weighted by molar-refractivity contribution is 0.102. The SMILES string of the molecule is Cc1ccc(C(=O)Nc2cc(N)c(C)cc2C)cc1. The lowest BCUT2D eigenvalue weighted by Crippen LogP contribution is -2.13. The predicted octanol–water partition coefficient (Wildman–Crippen LogP) is 3.45. The van der Waals surface area contributed by atoms with Crippen molar-refractivity contribution >= 4 is 17.3 Å². The molecule has 3 heteroatoms. The fourth-order valence-electron chi connectivity index (χ4n) is 1.90. The van der Waals surface area contributed by atoms with E-state index in [1.165, 1.54) is 0 Å². The lowest BCUT2D eigenvalue weighted by Gasteiger charge is -2.11. The highest BCUT2D eigenvalue weighted by atomic mass is 16.1. The minimum Gasteiger partial charge on any atom is -0.398 e. The van der Waals surface area contributed by atoms with Crippen molar-refractivity contribution in [3.8, 4) is 0 Å². The van der Waals surface area contributed by atoms with Gasteiger partial charge in [-0.15, -0.1) is 0 Å². The molecule has 1 amide bonds. The molecule has 0 spiro atoms. The third-order valence-corrected chi connectivity index (χ3v) is 3.17. The van der Waals surface area contributed by atoms with Crippen LogP contribution in [0.5, 0.6) is 0 Å². The Bertz CT molecular complexity index is 615. The van der Waals surface area contributed by atoms with Crippen LogP contribution in [0, 0.1) is 20.8 Å². The zero-order chi connectivity index (χ0) is 14.0. The fraction of sp³-hybridized carbons (Fsp3) is 0.188. The zero-order valence-corrected chi connectivity index (χ0v) is 11.4. The Morgan fingerprint density at radius 1 is 1.00 bits per heavy atom. The highest BCUT2D eigenvalue weighted by Gasteiger charge is 2.08. The molecule has 0 aliphatic carbocycles. The second-order valence-corrected chi connectivity index (χ2v) is 4.84. The summed E-state index contributed by atoms with van der Waals surface area (Å²) in [5.41, 5.74) is 11.1. The standard InChI is InChI=1S/C16H18N2O/c1-10-4-6-13(7-5-10)16(19)18-15-9-14(17)11(2)8-12(15)3/h4-9H,17H2,1-3H3,(H,18,19). The number of anilines is 2. The number of hydrogen-bond donors (Lipinski definition) is 2. The Balaban J connectivity index is 2.24. The normalized spacial score (nSPS) is 10.3. The number of nitrogens with two attached hydrogens (primary N) is 1. The van der Waals surface area contributed by atoms with E-state index in [0.717, 1.165) is 22.4 Å². The van der Waals surface area contributed by atoms with Crippen molar-refractivity contribution in [2.45, 2.75) is 20.8 Å². The Hall–Kier alpha value is -2.29. The molecule has 2 aromatic rings. The van der Waals surface area contributed by atoms with E-state index in [2.05, 4.69) is 5.32 Å². The number of hydrogen-bond acceptors (Lipinski definition) is 2. The van der Waals surface area contributed by atoms with Gasteiger partial charge < -0.3 is 11.1 Å². The summed E-state index contributed by atoms with van der Waals surface area (Å²) in [6.45, 7) is 5.90. The van der Waals surface area contributed by atoms with E-state index in [1.807, 2.05) is 51.1 Å². The van der Waals surface area contributed by atoms with Gasteiger partial charge in [-0.25, -0.2) is 0 Å². The van der Waals surface area contributed by atoms with Crippen LogP contribution in [0.2, 0.25) is 0 Å². The molecule has 3 nitrogen and oxygen atoms in total. The molecule has 0 fully saturated rings. The summed E-state index contributed by atoms with van der Waals surface area (Å²) in [7, 11) is 0. The molecule has 0 radical (unpaired) electrons. The predicted molar refractivity (Wildman–Crippen MR) is 79.5 cm³/mol. The summed E-state index contributed by atoms with van der Waals surface area (Å²) < 4.78 is 0. The molecule has 0 bridgehead atoms. The van der Waals surface area contributed by atoms with Gasteiger partial charge in [0.15, 0.2) is 0 Å². The Morgan fingerprint density at radius 2 is 1.63 bits per heavy atom. The number of carbonyl (C=O) groups excluding carboxylic acids is 1. The van der Waals surface area contributed by atoms with Crippen LogP contribution in [-0.2, 0) is 0 Å². The van der Waals surface area contributed by atoms with Crippen LogP contribution >= 0.6 is 0 Å². The minimum absolute atomic E-state index is 0.119. The van der Waals surface area contributed by atoms with Crippen LogP contribution < -0.4 is 11.1 Å². The van der Waals surface area contributed by atoms with Crippen molar-refractivity contribution in [1.29, 1.82) is 0 Å². The molecule has 0 saturated carbocycles. The number of nitrogen functional groups attached to an aromatic ring is 1. The smallest absolute Gasteiger partial charge is 0.255 e. The first kappa shape index (κ1) is 13.1. The molecule has 0 aliphatic rings. The number of benzene rings is 2. The van der Waals surface area contributed by atoms with Gasteiger partial charge in [0.05, 0.1) is 0 Å². The molecular formula is C16H18N2O. The number of rotatable bonds is 2. The summed E-state index contributed by atoms with van der Waals surface area (Å²) in [6, 6.07) is 11.3. The number of aryl methyl sites for hydroxylation is 3. The molecule has 0 unspecified atom stereocenters. The van der Waals surface area contributed by atoms with Gasteiger partial charge in [0, 0.05) is 16.9 Å². The van der Waals surface area contributed by atoms with E-state index < -0.39 is 0 Å². The van der Waals surface area contributed by atoms with Crippen LogP contribution in [0.25, 0.3) is 0 Å². The lowest BCUT2D eigenvalue weighted by atomic mass is 10.1. The highest BCUT2D eigenvalue weighted by Crippen LogP contribution is 2.22. The van der Waals surface area contributed by atoms with Crippen molar-refractivity contribution in [1.82, 2.24) is 0 Å². The van der Waals surface area contributed by atoms with E-state index in [-0.39, 0.29) is 5.91 Å². The van der Waals surface area contributed by atoms with E-state index in [9.17, 15) is 4.79 Å². The molecule has 2 rings (SSSR count). The first-order valence-electron chi connectivity index (χ1n) is 6.22. The summed E-state index contributed by atoms with van der Waals surface area (Å²) in [5, 5.41) is 2.90. The van der Waals surface area contributed by atoms with Crippen molar-refractivity contribution in [3.05, 3.63) is 58.7 Å². The number of amides is 1. The number of nitrogens with one attached hydrogen (secondary N) is 1. The molecular weight excluding hydrogens is 236 g/mol. The van der Waals surface area contributed by atoms with Gasteiger partial charge in [0.1, 0.15) is 0 Å². The monoisotopic (exact) mass is 254 g/mol. The van der Waals surface area contributed by atoms with Crippen molar-refractivity contribution in [2.75, 3.05) is 11.1 Å². The molecule has 98 valence electrons. The van der Waals surface area contributed by atoms with Crippen LogP contribution in [0.1, 0.15) is 27.0 Å². The Kier molecular flexibility index (Phi) is 3.56. The second kappa shape index (κ2) is 5.14. The maximum absolute atomic E-state index is 12.1. The summed E-state index contributed by atoms with van der Waals surface area (Å²) >= 11 is 0. The van der Waals surface area contributed by atoms with Gasteiger partial charge in [-0.1, -0.05) is 23.8 Å².